The Morgan fingerprint density at radius 2 is 1.69 bits per heavy atom. The molecule has 0 aromatic heterocycles. The molecule has 3 rings (SSSR count). The molecule has 0 saturated heterocycles. The first-order valence-electron chi connectivity index (χ1n) is 8.81. The van der Waals surface area contributed by atoms with Gasteiger partial charge in [0.15, 0.2) is 0 Å². The van der Waals surface area contributed by atoms with E-state index in [9.17, 15) is 13.2 Å². The number of nitrogens with zero attached hydrogens (tertiary/aromatic N) is 1. The highest BCUT2D eigenvalue weighted by atomic mass is 32.2. The number of rotatable bonds is 8. The van der Waals surface area contributed by atoms with Crippen LogP contribution >= 0.6 is 0 Å². The summed E-state index contributed by atoms with van der Waals surface area (Å²) in [6.07, 6.45) is 2.47. The van der Waals surface area contributed by atoms with Gasteiger partial charge >= 0.3 is 10.1 Å². The van der Waals surface area contributed by atoms with Crippen molar-refractivity contribution in [2.45, 2.75) is 38.8 Å². The Morgan fingerprint density at radius 1 is 1.04 bits per heavy atom. The van der Waals surface area contributed by atoms with Gasteiger partial charge in [0.05, 0.1) is 12.2 Å². The van der Waals surface area contributed by atoms with Gasteiger partial charge in [0.25, 0.3) is 0 Å². The maximum atomic E-state index is 12.7. The lowest BCUT2D eigenvalue weighted by Crippen LogP contribution is -2.33. The third-order valence-electron chi connectivity index (χ3n) is 4.36. The van der Waals surface area contributed by atoms with Crippen molar-refractivity contribution in [3.63, 3.8) is 0 Å². The Balaban J connectivity index is 1.66. The average molecular weight is 373 g/mol. The van der Waals surface area contributed by atoms with E-state index in [-0.39, 0.29) is 11.7 Å². The van der Waals surface area contributed by atoms with Crippen LogP contribution in [-0.2, 0) is 27.9 Å². The molecule has 0 bridgehead atoms. The van der Waals surface area contributed by atoms with Crippen LogP contribution in [0.2, 0.25) is 0 Å². The molecule has 0 unspecified atom stereocenters. The summed E-state index contributed by atoms with van der Waals surface area (Å²) in [5.74, 6) is 0.342. The summed E-state index contributed by atoms with van der Waals surface area (Å²) in [4.78, 5) is 14.6. The quantitative estimate of drug-likeness (QED) is 0.667. The second-order valence-electron chi connectivity index (χ2n) is 6.49. The lowest BCUT2D eigenvalue weighted by Gasteiger charge is -2.23. The number of carbonyl (C=O) groups is 1. The molecule has 138 valence electrons. The van der Waals surface area contributed by atoms with Gasteiger partial charge in [0.2, 0.25) is 5.91 Å². The maximum Gasteiger partial charge on any atom is 0.308 e. The predicted molar refractivity (Wildman–Crippen MR) is 100 cm³/mol. The fourth-order valence-electron chi connectivity index (χ4n) is 2.73. The molecule has 1 aliphatic carbocycles. The zero-order valence-electron chi connectivity index (χ0n) is 14.8. The smallest absolute Gasteiger partial charge is 0.308 e. The zero-order valence-corrected chi connectivity index (χ0v) is 15.6. The molecule has 2 aromatic rings. The standard InChI is InChI=1S/C20H23NO4S/c1-2-26(23,24)25-19-12-8-17(9-13-19)15-21(18-10-11-18)20(22)14-16-6-4-3-5-7-16/h3-9,12-13,18H,2,10-11,14-15H2,1H3. The van der Waals surface area contributed by atoms with E-state index in [0.717, 1.165) is 24.0 Å². The zero-order chi connectivity index (χ0) is 18.6. The molecule has 0 atom stereocenters. The molecule has 0 heterocycles. The van der Waals surface area contributed by atoms with Crippen molar-refractivity contribution in [1.82, 2.24) is 4.90 Å². The van der Waals surface area contributed by atoms with E-state index in [2.05, 4.69) is 0 Å². The highest BCUT2D eigenvalue weighted by Crippen LogP contribution is 2.29. The van der Waals surface area contributed by atoms with Crippen molar-refractivity contribution < 1.29 is 17.4 Å². The summed E-state index contributed by atoms with van der Waals surface area (Å²) in [7, 11) is -3.52. The van der Waals surface area contributed by atoms with Crippen LogP contribution in [0.15, 0.2) is 54.6 Å². The summed E-state index contributed by atoms with van der Waals surface area (Å²) in [5, 5.41) is 0. The molecule has 0 N–H and O–H groups in total. The molecule has 1 saturated carbocycles. The van der Waals surface area contributed by atoms with Crippen molar-refractivity contribution in [2.75, 3.05) is 5.75 Å². The van der Waals surface area contributed by atoms with E-state index in [0.29, 0.717) is 24.8 Å². The van der Waals surface area contributed by atoms with Crippen LogP contribution < -0.4 is 4.18 Å². The molecular weight excluding hydrogens is 350 g/mol. The second-order valence-corrected chi connectivity index (χ2v) is 8.35. The summed E-state index contributed by atoms with van der Waals surface area (Å²) < 4.78 is 28.0. The van der Waals surface area contributed by atoms with Crippen molar-refractivity contribution in [1.29, 1.82) is 0 Å². The first-order valence-corrected chi connectivity index (χ1v) is 10.4. The van der Waals surface area contributed by atoms with Crippen LogP contribution in [0.1, 0.15) is 30.9 Å². The van der Waals surface area contributed by atoms with E-state index in [4.69, 9.17) is 4.18 Å². The molecule has 26 heavy (non-hydrogen) atoms. The highest BCUT2D eigenvalue weighted by Gasteiger charge is 2.32. The Morgan fingerprint density at radius 3 is 2.27 bits per heavy atom. The second kappa shape index (κ2) is 7.91. The molecule has 0 radical (unpaired) electrons. The topological polar surface area (TPSA) is 63.7 Å². The number of amides is 1. The molecule has 1 aliphatic rings. The van der Waals surface area contributed by atoms with Crippen molar-refractivity contribution in [3.05, 3.63) is 65.7 Å². The molecule has 6 heteroatoms. The van der Waals surface area contributed by atoms with Crippen LogP contribution in [-0.4, -0.2) is 31.0 Å². The van der Waals surface area contributed by atoms with Gasteiger partial charge in [-0.05, 0) is 43.0 Å². The van der Waals surface area contributed by atoms with Crippen molar-refractivity contribution in [3.8, 4) is 5.75 Å². The minimum absolute atomic E-state index is 0.0712. The van der Waals surface area contributed by atoms with Crippen LogP contribution in [0, 0.1) is 0 Å². The normalized spacial score (nSPS) is 14.0. The predicted octanol–water partition coefficient (Wildman–Crippen LogP) is 3.15. The minimum atomic E-state index is -3.52. The van der Waals surface area contributed by atoms with Crippen molar-refractivity contribution >= 4 is 16.0 Å². The van der Waals surface area contributed by atoms with Gasteiger partial charge in [-0.15, -0.1) is 0 Å². The Kier molecular flexibility index (Phi) is 5.61. The fraction of sp³-hybridized carbons (Fsp3) is 0.350. The third-order valence-corrected chi connectivity index (χ3v) is 5.51. The summed E-state index contributed by atoms with van der Waals surface area (Å²) in [5.41, 5.74) is 1.97. The molecule has 1 fully saturated rings. The van der Waals surface area contributed by atoms with E-state index in [1.54, 1.807) is 12.1 Å². The van der Waals surface area contributed by atoms with Gasteiger partial charge in [-0.2, -0.15) is 8.42 Å². The SMILES string of the molecule is CCS(=O)(=O)Oc1ccc(CN(C(=O)Cc2ccccc2)C2CC2)cc1. The van der Waals surface area contributed by atoms with Crippen LogP contribution in [0.5, 0.6) is 5.75 Å². The molecule has 0 spiro atoms. The average Bonchev–Trinajstić information content (AvgIpc) is 3.46. The monoisotopic (exact) mass is 373 g/mol. The van der Waals surface area contributed by atoms with Crippen LogP contribution in [0.25, 0.3) is 0 Å². The van der Waals surface area contributed by atoms with Gasteiger partial charge in [-0.25, -0.2) is 0 Å². The van der Waals surface area contributed by atoms with Gasteiger partial charge in [-0.3, -0.25) is 4.79 Å². The van der Waals surface area contributed by atoms with E-state index >= 15 is 0 Å². The number of hydrogen-bond donors (Lipinski definition) is 0. The summed E-state index contributed by atoms with van der Waals surface area (Å²) >= 11 is 0. The third kappa shape index (κ3) is 5.08. The number of hydrogen-bond acceptors (Lipinski definition) is 4. The molecule has 0 aliphatic heterocycles. The van der Waals surface area contributed by atoms with Gasteiger partial charge in [0, 0.05) is 12.6 Å². The summed E-state index contributed by atoms with van der Waals surface area (Å²) in [6, 6.07) is 16.9. The first kappa shape index (κ1) is 18.5. The molecule has 5 nitrogen and oxygen atoms in total. The van der Waals surface area contributed by atoms with Gasteiger partial charge in [-0.1, -0.05) is 42.5 Å². The molecule has 2 aromatic carbocycles. The number of carbonyl (C=O) groups excluding carboxylic acids is 1. The molecule has 1 amide bonds. The maximum absolute atomic E-state index is 12.7. The van der Waals surface area contributed by atoms with Gasteiger partial charge in [0.1, 0.15) is 5.75 Å². The summed E-state index contributed by atoms with van der Waals surface area (Å²) in [6.45, 7) is 2.06. The lowest BCUT2D eigenvalue weighted by molar-refractivity contribution is -0.131. The minimum Gasteiger partial charge on any atom is -0.382 e. The largest absolute Gasteiger partial charge is 0.382 e. The first-order chi connectivity index (χ1) is 12.5. The Hall–Kier alpha value is -2.34. The van der Waals surface area contributed by atoms with Crippen LogP contribution in [0.3, 0.4) is 0 Å². The Labute approximate surface area is 154 Å². The van der Waals surface area contributed by atoms with E-state index < -0.39 is 10.1 Å². The fourth-order valence-corrected chi connectivity index (χ4v) is 3.25. The lowest BCUT2D eigenvalue weighted by atomic mass is 10.1. The Bertz CT molecular complexity index is 843. The van der Waals surface area contributed by atoms with Crippen LogP contribution in [0.4, 0.5) is 0 Å². The highest BCUT2D eigenvalue weighted by molar-refractivity contribution is 7.87. The van der Waals surface area contributed by atoms with Crippen molar-refractivity contribution in [2.24, 2.45) is 0 Å². The van der Waals surface area contributed by atoms with Gasteiger partial charge < -0.3 is 9.08 Å². The van der Waals surface area contributed by atoms with E-state index in [1.165, 1.54) is 6.92 Å². The van der Waals surface area contributed by atoms with E-state index in [1.807, 2.05) is 47.4 Å². The number of benzene rings is 2. The molecular formula is C20H23NO4S.